The Morgan fingerprint density at radius 1 is 0.532 bits per heavy atom. The van der Waals surface area contributed by atoms with Crippen molar-refractivity contribution in [1.29, 1.82) is 0 Å². The highest BCUT2D eigenvalue weighted by molar-refractivity contribution is 7.25. The van der Waals surface area contributed by atoms with Gasteiger partial charge >= 0.3 is 0 Å². The monoisotopic (exact) mass is 635 g/mol. The van der Waals surface area contributed by atoms with Gasteiger partial charge in [0.25, 0.3) is 0 Å². The third kappa shape index (κ3) is 3.84. The minimum absolute atomic E-state index is 0.768. The Morgan fingerprint density at radius 2 is 1.23 bits per heavy atom. The SMILES string of the molecule is C[Si]1(C)c2ccccc2-c2nc(-c3ccc(-n4c5ccccc5c5cc6sc7ccccc7c6cc54)cc3)nc(-c3ccccc3)c21. The smallest absolute Gasteiger partial charge is 0.160 e. The predicted molar refractivity (Wildman–Crippen MR) is 202 cm³/mol. The summed E-state index contributed by atoms with van der Waals surface area (Å²) in [4.78, 5) is 10.6. The predicted octanol–water partition coefficient (Wildman–Crippen LogP) is 10.1. The van der Waals surface area contributed by atoms with Crippen molar-refractivity contribution in [3.8, 4) is 39.6 Å². The summed E-state index contributed by atoms with van der Waals surface area (Å²) in [5.41, 5.74) is 9.15. The molecule has 3 aromatic heterocycles. The lowest BCUT2D eigenvalue weighted by Crippen LogP contribution is -2.50. The van der Waals surface area contributed by atoms with Crippen LogP contribution in [0.3, 0.4) is 0 Å². The van der Waals surface area contributed by atoms with Crippen molar-refractivity contribution in [2.24, 2.45) is 0 Å². The number of nitrogens with zero attached hydrogens (tertiary/aromatic N) is 3. The van der Waals surface area contributed by atoms with Gasteiger partial charge in [-0.15, -0.1) is 11.3 Å². The van der Waals surface area contributed by atoms with E-state index in [0.29, 0.717) is 0 Å². The third-order valence-electron chi connectivity index (χ3n) is 9.99. The molecular formula is C42H29N3SSi. The van der Waals surface area contributed by atoms with E-state index >= 15 is 0 Å². The maximum Gasteiger partial charge on any atom is 0.160 e. The van der Waals surface area contributed by atoms with Gasteiger partial charge in [-0.05, 0) is 64.5 Å². The molecule has 10 rings (SSSR count). The van der Waals surface area contributed by atoms with Crippen LogP contribution in [0, 0.1) is 0 Å². The van der Waals surface area contributed by atoms with E-state index in [0.717, 1.165) is 34.0 Å². The zero-order valence-corrected chi connectivity index (χ0v) is 27.8. The van der Waals surface area contributed by atoms with Crippen LogP contribution in [0.4, 0.5) is 0 Å². The molecule has 0 N–H and O–H groups in total. The van der Waals surface area contributed by atoms with Gasteiger partial charge in [-0.1, -0.05) is 104 Å². The second kappa shape index (κ2) is 9.82. The molecule has 0 radical (unpaired) electrons. The van der Waals surface area contributed by atoms with Crippen molar-refractivity contribution >= 4 is 71.8 Å². The Morgan fingerprint density at radius 3 is 2.09 bits per heavy atom. The molecule has 0 bridgehead atoms. The van der Waals surface area contributed by atoms with Gasteiger partial charge in [0.1, 0.15) is 8.07 Å². The summed E-state index contributed by atoms with van der Waals surface area (Å²) >= 11 is 1.87. The number of hydrogen-bond acceptors (Lipinski definition) is 3. The molecule has 47 heavy (non-hydrogen) atoms. The maximum absolute atomic E-state index is 5.33. The van der Waals surface area contributed by atoms with Crippen LogP contribution in [0.15, 0.2) is 140 Å². The molecule has 4 heterocycles. The van der Waals surface area contributed by atoms with Gasteiger partial charge in [0.05, 0.1) is 22.4 Å². The summed E-state index contributed by atoms with van der Waals surface area (Å²) in [6, 6.07) is 50.5. The second-order valence-corrected chi connectivity index (χ2v) is 18.4. The van der Waals surface area contributed by atoms with Crippen molar-refractivity contribution in [3.63, 3.8) is 0 Å². The van der Waals surface area contributed by atoms with Crippen LogP contribution in [-0.4, -0.2) is 22.6 Å². The zero-order valence-electron chi connectivity index (χ0n) is 26.0. The van der Waals surface area contributed by atoms with Crippen LogP contribution in [0.5, 0.6) is 0 Å². The average molecular weight is 636 g/mol. The topological polar surface area (TPSA) is 30.7 Å². The second-order valence-electron chi connectivity index (χ2n) is 13.0. The molecule has 0 aliphatic carbocycles. The summed E-state index contributed by atoms with van der Waals surface area (Å²) in [7, 11) is -1.99. The number of fused-ring (bicyclic) bond motifs is 9. The minimum Gasteiger partial charge on any atom is -0.309 e. The van der Waals surface area contributed by atoms with Gasteiger partial charge in [-0.3, -0.25) is 0 Å². The van der Waals surface area contributed by atoms with Crippen LogP contribution >= 0.6 is 11.3 Å². The first-order valence-corrected chi connectivity index (χ1v) is 19.9. The van der Waals surface area contributed by atoms with Gasteiger partial charge in [-0.2, -0.15) is 0 Å². The fourth-order valence-corrected chi connectivity index (χ4v) is 12.1. The molecule has 3 nitrogen and oxygen atoms in total. The molecule has 1 aliphatic rings. The molecule has 222 valence electrons. The summed E-state index contributed by atoms with van der Waals surface area (Å²) in [5.74, 6) is 0.768. The van der Waals surface area contributed by atoms with Crippen LogP contribution in [-0.2, 0) is 0 Å². The molecule has 0 saturated carbocycles. The lowest BCUT2D eigenvalue weighted by Gasteiger charge is -2.21. The lowest BCUT2D eigenvalue weighted by atomic mass is 10.1. The molecule has 0 unspecified atom stereocenters. The number of aromatic nitrogens is 3. The van der Waals surface area contributed by atoms with E-state index in [1.165, 1.54) is 57.9 Å². The van der Waals surface area contributed by atoms with E-state index in [2.05, 4.69) is 157 Å². The summed E-state index contributed by atoms with van der Waals surface area (Å²) < 4.78 is 5.06. The molecule has 5 heteroatoms. The number of para-hydroxylation sites is 1. The van der Waals surface area contributed by atoms with Gasteiger partial charge in [0, 0.05) is 47.8 Å². The molecule has 6 aromatic carbocycles. The summed E-state index contributed by atoms with van der Waals surface area (Å²) in [5, 5.41) is 7.95. The van der Waals surface area contributed by atoms with Crippen LogP contribution in [0.1, 0.15) is 0 Å². The first kappa shape index (κ1) is 26.8. The molecule has 0 amide bonds. The molecule has 0 saturated heterocycles. The van der Waals surface area contributed by atoms with Crippen molar-refractivity contribution in [2.75, 3.05) is 0 Å². The number of benzene rings is 6. The van der Waals surface area contributed by atoms with Crippen molar-refractivity contribution < 1.29 is 0 Å². The highest BCUT2D eigenvalue weighted by Crippen LogP contribution is 2.41. The van der Waals surface area contributed by atoms with Crippen molar-refractivity contribution in [3.05, 3.63) is 140 Å². The van der Waals surface area contributed by atoms with E-state index < -0.39 is 8.07 Å². The summed E-state index contributed by atoms with van der Waals surface area (Å²) in [6.45, 7) is 4.86. The van der Waals surface area contributed by atoms with Gasteiger partial charge in [-0.25, -0.2) is 9.97 Å². The van der Waals surface area contributed by atoms with E-state index in [-0.39, 0.29) is 0 Å². The van der Waals surface area contributed by atoms with Crippen molar-refractivity contribution in [1.82, 2.24) is 14.5 Å². The Kier molecular flexibility index (Phi) is 5.60. The number of hydrogen-bond donors (Lipinski definition) is 0. The molecule has 0 atom stereocenters. The van der Waals surface area contributed by atoms with Gasteiger partial charge in [0.15, 0.2) is 5.82 Å². The quantitative estimate of drug-likeness (QED) is 0.181. The molecule has 0 fully saturated rings. The zero-order chi connectivity index (χ0) is 31.3. The molecule has 0 spiro atoms. The lowest BCUT2D eigenvalue weighted by molar-refractivity contribution is 1.17. The molecular weight excluding hydrogens is 607 g/mol. The standard InChI is InChI=1S/C42H29N3SSi/c1-47(2)38-19-11-8-16-31(38)40-41(47)39(26-12-4-3-5-13-26)43-42(44-40)27-20-22-28(23-21-27)45-34-17-9-6-14-29(34)32-25-37-33(24-35(32)45)30-15-7-10-18-36(30)46-37/h3-25H,1-2H3. The Hall–Kier alpha value is -5.36. The summed E-state index contributed by atoms with van der Waals surface area (Å²) in [6.07, 6.45) is 0. The number of thiophene rings is 1. The van der Waals surface area contributed by atoms with Crippen LogP contribution in [0.25, 0.3) is 81.6 Å². The van der Waals surface area contributed by atoms with E-state index in [4.69, 9.17) is 9.97 Å². The fourth-order valence-electron chi connectivity index (χ4n) is 7.78. The van der Waals surface area contributed by atoms with Crippen LogP contribution < -0.4 is 10.4 Å². The van der Waals surface area contributed by atoms with E-state index in [1.54, 1.807) is 0 Å². The van der Waals surface area contributed by atoms with E-state index in [1.807, 2.05) is 11.3 Å². The van der Waals surface area contributed by atoms with Gasteiger partial charge < -0.3 is 4.57 Å². The Labute approximate surface area is 277 Å². The third-order valence-corrected chi connectivity index (χ3v) is 14.6. The maximum atomic E-state index is 5.33. The Bertz CT molecular complexity index is 2700. The molecule has 9 aromatic rings. The number of rotatable bonds is 3. The van der Waals surface area contributed by atoms with E-state index in [9.17, 15) is 0 Å². The molecule has 1 aliphatic heterocycles. The minimum atomic E-state index is -1.99. The first-order valence-electron chi connectivity index (χ1n) is 16.1. The fraction of sp³-hybridized carbons (Fsp3) is 0.0476. The highest BCUT2D eigenvalue weighted by atomic mass is 32.1. The van der Waals surface area contributed by atoms with Gasteiger partial charge in [0.2, 0.25) is 0 Å². The van der Waals surface area contributed by atoms with Crippen LogP contribution in [0.2, 0.25) is 13.1 Å². The highest BCUT2D eigenvalue weighted by Gasteiger charge is 2.41. The first-order chi connectivity index (χ1) is 23.1. The largest absolute Gasteiger partial charge is 0.309 e. The Balaban J connectivity index is 1.17. The average Bonchev–Trinajstić information content (AvgIpc) is 3.72. The van der Waals surface area contributed by atoms with Crippen molar-refractivity contribution in [2.45, 2.75) is 13.1 Å². The normalized spacial score (nSPS) is 13.5.